The van der Waals surface area contributed by atoms with E-state index < -0.39 is 17.5 Å². The summed E-state index contributed by atoms with van der Waals surface area (Å²) in [4.78, 5) is 33.6. The number of hydrogen-bond donors (Lipinski definition) is 1. The summed E-state index contributed by atoms with van der Waals surface area (Å²) in [6, 6.07) is 0. The Kier molecular flexibility index (Phi) is 4.67. The van der Waals surface area contributed by atoms with Crippen molar-refractivity contribution in [2.75, 3.05) is 0 Å². The van der Waals surface area contributed by atoms with Crippen LogP contribution in [0.1, 0.15) is 0 Å². The number of hydrogen-bond acceptors (Lipinski definition) is 3. The summed E-state index contributed by atoms with van der Waals surface area (Å²) in [5, 5.41) is 0. The van der Waals surface area contributed by atoms with Gasteiger partial charge in [0.05, 0.1) is 11.1 Å². The normalized spacial score (nSPS) is 8.53. The molecule has 0 aromatic rings. The maximum absolute atomic E-state index is 11.3. The minimum atomic E-state index is -0.898. The highest BCUT2D eigenvalue weighted by atomic mass is 16.2. The molecule has 0 atom stereocenters. The molecule has 0 heterocycles. The number of nitrogens with two attached hydrogens (primary N) is 1. The van der Waals surface area contributed by atoms with Gasteiger partial charge in [0.25, 0.3) is 0 Å². The molecule has 0 unspecified atom stereocenters. The summed E-state index contributed by atoms with van der Waals surface area (Å²) in [5.41, 5.74) is 4.40. The Morgan fingerprint density at radius 3 is 1.47 bits per heavy atom. The number of ketones is 2. The van der Waals surface area contributed by atoms with E-state index in [0.29, 0.717) is 0 Å². The molecule has 0 aliphatic rings. The van der Waals surface area contributed by atoms with E-state index in [9.17, 15) is 14.4 Å². The summed E-state index contributed by atoms with van der Waals surface area (Å²) >= 11 is 0. The predicted molar refractivity (Wildman–Crippen MR) is 56.8 cm³/mol. The molecule has 0 rings (SSSR count). The van der Waals surface area contributed by atoms with Crippen molar-refractivity contribution in [3.63, 3.8) is 0 Å². The van der Waals surface area contributed by atoms with E-state index in [1.807, 2.05) is 0 Å². The lowest BCUT2D eigenvalue weighted by Gasteiger charge is -2.03. The van der Waals surface area contributed by atoms with Gasteiger partial charge in [-0.2, -0.15) is 0 Å². The van der Waals surface area contributed by atoms with Gasteiger partial charge in [0.15, 0.2) is 11.6 Å². The Labute approximate surface area is 87.5 Å². The van der Waals surface area contributed by atoms with Crippen molar-refractivity contribution in [3.05, 3.63) is 49.1 Å². The zero-order chi connectivity index (χ0) is 12.0. The van der Waals surface area contributed by atoms with Crippen LogP contribution in [0.4, 0.5) is 0 Å². The van der Waals surface area contributed by atoms with Crippen LogP contribution in [0.3, 0.4) is 0 Å². The molecule has 4 nitrogen and oxygen atoms in total. The molecule has 1 amide bonds. The van der Waals surface area contributed by atoms with Crippen molar-refractivity contribution in [2.24, 2.45) is 5.73 Å². The standard InChI is InChI=1S/C11H11NO3/c1-4-7(11(12)15)10(8(13)5-2)9(14)6-3/h4-6H,1-3H2,(H2,12,15). The van der Waals surface area contributed by atoms with Crippen molar-refractivity contribution in [1.82, 2.24) is 0 Å². The van der Waals surface area contributed by atoms with Crippen molar-refractivity contribution >= 4 is 17.5 Å². The Hall–Kier alpha value is -2.23. The number of amides is 1. The molecule has 0 saturated heterocycles. The smallest absolute Gasteiger partial charge is 0.249 e. The molecule has 15 heavy (non-hydrogen) atoms. The summed E-state index contributed by atoms with van der Waals surface area (Å²) in [6.45, 7) is 9.74. The third-order valence-corrected chi connectivity index (χ3v) is 1.60. The van der Waals surface area contributed by atoms with Crippen LogP contribution in [0.15, 0.2) is 49.1 Å². The molecule has 0 saturated carbocycles. The SMILES string of the molecule is C=CC(=O)C(C(=O)C=C)=C(C=C)C(N)=O. The van der Waals surface area contributed by atoms with Gasteiger partial charge in [-0.15, -0.1) is 0 Å². The van der Waals surface area contributed by atoms with E-state index in [2.05, 4.69) is 19.7 Å². The number of allylic oxidation sites excluding steroid dienone is 3. The fourth-order valence-electron chi connectivity index (χ4n) is 0.917. The molecule has 0 aromatic carbocycles. The van der Waals surface area contributed by atoms with Crippen LogP contribution < -0.4 is 5.73 Å². The van der Waals surface area contributed by atoms with Crippen molar-refractivity contribution in [1.29, 1.82) is 0 Å². The molecule has 4 heteroatoms. The second-order valence-corrected chi connectivity index (χ2v) is 2.49. The van der Waals surface area contributed by atoms with E-state index >= 15 is 0 Å². The van der Waals surface area contributed by atoms with Gasteiger partial charge in [-0.3, -0.25) is 14.4 Å². The van der Waals surface area contributed by atoms with Gasteiger partial charge in [0.2, 0.25) is 5.91 Å². The fourth-order valence-corrected chi connectivity index (χ4v) is 0.917. The second-order valence-electron chi connectivity index (χ2n) is 2.49. The Bertz CT molecular complexity index is 367. The minimum absolute atomic E-state index is 0.232. The van der Waals surface area contributed by atoms with Crippen LogP contribution in [0.2, 0.25) is 0 Å². The molecule has 0 aromatic heterocycles. The maximum atomic E-state index is 11.3. The third-order valence-electron chi connectivity index (χ3n) is 1.60. The number of primary amides is 1. The van der Waals surface area contributed by atoms with Gasteiger partial charge in [0.1, 0.15) is 0 Å². The molecule has 0 aliphatic heterocycles. The maximum Gasteiger partial charge on any atom is 0.249 e. The average molecular weight is 205 g/mol. The van der Waals surface area contributed by atoms with Crippen molar-refractivity contribution in [3.8, 4) is 0 Å². The van der Waals surface area contributed by atoms with Crippen molar-refractivity contribution in [2.45, 2.75) is 0 Å². The minimum Gasteiger partial charge on any atom is -0.366 e. The predicted octanol–water partition coefficient (Wildman–Crippen LogP) is 0.465. The molecule has 0 fully saturated rings. The van der Waals surface area contributed by atoms with Crippen LogP contribution in [-0.4, -0.2) is 17.5 Å². The second kappa shape index (κ2) is 5.49. The summed E-state index contributed by atoms with van der Waals surface area (Å²) < 4.78 is 0. The number of carbonyl (C=O) groups is 3. The largest absolute Gasteiger partial charge is 0.366 e. The first kappa shape index (κ1) is 12.8. The Balaban J connectivity index is 5.81. The lowest BCUT2D eigenvalue weighted by molar-refractivity contribution is -0.119. The summed E-state index contributed by atoms with van der Waals surface area (Å²) in [6.07, 6.45) is 2.90. The van der Waals surface area contributed by atoms with Crippen LogP contribution in [0.5, 0.6) is 0 Å². The molecule has 0 spiro atoms. The number of carbonyl (C=O) groups excluding carboxylic acids is 3. The highest BCUT2D eigenvalue weighted by Gasteiger charge is 2.19. The molecule has 2 N–H and O–H groups in total. The van der Waals surface area contributed by atoms with Gasteiger partial charge in [-0.25, -0.2) is 0 Å². The van der Waals surface area contributed by atoms with Gasteiger partial charge in [-0.05, 0) is 12.2 Å². The average Bonchev–Trinajstić information content (AvgIpc) is 2.23. The van der Waals surface area contributed by atoms with Crippen LogP contribution in [0.25, 0.3) is 0 Å². The quantitative estimate of drug-likeness (QED) is 0.296. The van der Waals surface area contributed by atoms with Gasteiger partial charge < -0.3 is 5.73 Å². The van der Waals surface area contributed by atoms with Gasteiger partial charge in [-0.1, -0.05) is 25.8 Å². The van der Waals surface area contributed by atoms with Gasteiger partial charge in [0, 0.05) is 0 Å². The summed E-state index contributed by atoms with van der Waals surface area (Å²) in [7, 11) is 0. The van der Waals surface area contributed by atoms with Crippen molar-refractivity contribution < 1.29 is 14.4 Å². The zero-order valence-corrected chi connectivity index (χ0v) is 8.16. The Morgan fingerprint density at radius 2 is 1.27 bits per heavy atom. The lowest BCUT2D eigenvalue weighted by atomic mass is 9.99. The third kappa shape index (κ3) is 2.87. The molecule has 78 valence electrons. The first-order valence-electron chi connectivity index (χ1n) is 3.99. The fraction of sp³-hybridized carbons (Fsp3) is 0. The zero-order valence-electron chi connectivity index (χ0n) is 8.16. The first-order chi connectivity index (χ1) is 6.99. The van der Waals surface area contributed by atoms with Crippen LogP contribution in [0, 0.1) is 0 Å². The molecule has 0 radical (unpaired) electrons. The summed E-state index contributed by atoms with van der Waals surface area (Å²) in [5.74, 6) is -2.27. The molecule has 0 bridgehead atoms. The van der Waals surface area contributed by atoms with E-state index in [-0.39, 0.29) is 11.1 Å². The monoisotopic (exact) mass is 205 g/mol. The van der Waals surface area contributed by atoms with Crippen LogP contribution >= 0.6 is 0 Å². The van der Waals surface area contributed by atoms with E-state index in [1.54, 1.807) is 0 Å². The van der Waals surface area contributed by atoms with E-state index in [4.69, 9.17) is 5.73 Å². The highest BCUT2D eigenvalue weighted by molar-refractivity contribution is 6.30. The first-order valence-corrected chi connectivity index (χ1v) is 3.99. The molecular formula is C11H11NO3. The van der Waals surface area contributed by atoms with E-state index in [1.165, 1.54) is 0 Å². The Morgan fingerprint density at radius 1 is 0.867 bits per heavy atom. The highest BCUT2D eigenvalue weighted by Crippen LogP contribution is 2.09. The lowest BCUT2D eigenvalue weighted by Crippen LogP contribution is -2.20. The van der Waals surface area contributed by atoms with Crippen LogP contribution in [-0.2, 0) is 14.4 Å². The van der Waals surface area contributed by atoms with Gasteiger partial charge >= 0.3 is 0 Å². The van der Waals surface area contributed by atoms with E-state index in [0.717, 1.165) is 18.2 Å². The molecular weight excluding hydrogens is 194 g/mol. The molecule has 0 aliphatic carbocycles. The topological polar surface area (TPSA) is 77.2 Å². The number of rotatable bonds is 6.